The molecule has 6 nitrogen and oxygen atoms in total. The van der Waals surface area contributed by atoms with E-state index in [1.807, 2.05) is 0 Å². The Bertz CT molecular complexity index is 1440. The summed E-state index contributed by atoms with van der Waals surface area (Å²) in [7, 11) is 0. The first-order valence-corrected chi connectivity index (χ1v) is 33.9. The van der Waals surface area contributed by atoms with E-state index in [-0.39, 0.29) is 31.1 Å². The van der Waals surface area contributed by atoms with Crippen molar-refractivity contribution in [3.63, 3.8) is 0 Å². The van der Waals surface area contributed by atoms with Crippen molar-refractivity contribution in [2.45, 2.75) is 354 Å². The molecule has 0 saturated carbocycles. The summed E-state index contributed by atoms with van der Waals surface area (Å²) in [5, 5.41) is 0. The molecule has 0 aliphatic rings. The number of carbonyl (C=O) groups is 3. The minimum atomic E-state index is -0.789. The van der Waals surface area contributed by atoms with Crippen LogP contribution in [0.4, 0.5) is 0 Å². The number of ether oxygens (including phenoxy) is 3. The Morgan fingerprint density at radius 3 is 0.808 bits per heavy atom. The average Bonchev–Trinajstić information content (AvgIpc) is 3.44. The third kappa shape index (κ3) is 63.7. The average molecular weight is 1090 g/mol. The maximum Gasteiger partial charge on any atom is 0.306 e. The fourth-order valence-electron chi connectivity index (χ4n) is 9.88. The molecule has 0 bridgehead atoms. The number of hydrogen-bond acceptors (Lipinski definition) is 6. The lowest BCUT2D eigenvalue weighted by Crippen LogP contribution is -2.30. The number of carbonyl (C=O) groups excluding carboxylic acids is 3. The lowest BCUT2D eigenvalue weighted by atomic mass is 10.0. The highest BCUT2D eigenvalue weighted by Crippen LogP contribution is 2.18. The molecule has 0 saturated heterocycles. The van der Waals surface area contributed by atoms with Crippen molar-refractivity contribution in [1.82, 2.24) is 0 Å². The minimum Gasteiger partial charge on any atom is -0.462 e. The molecule has 0 aliphatic heterocycles. The molecule has 0 fully saturated rings. The summed E-state index contributed by atoms with van der Waals surface area (Å²) in [6, 6.07) is 0. The maximum absolute atomic E-state index is 12.8. The van der Waals surface area contributed by atoms with Crippen LogP contribution < -0.4 is 0 Å². The summed E-state index contributed by atoms with van der Waals surface area (Å²) >= 11 is 0. The summed E-state index contributed by atoms with van der Waals surface area (Å²) in [5.41, 5.74) is 0. The molecular weight excluding hydrogens is 961 g/mol. The smallest absolute Gasteiger partial charge is 0.306 e. The number of hydrogen-bond donors (Lipinski definition) is 0. The van der Waals surface area contributed by atoms with Gasteiger partial charge < -0.3 is 14.2 Å². The van der Waals surface area contributed by atoms with Crippen LogP contribution in [0.2, 0.25) is 0 Å². The lowest BCUT2D eigenvalue weighted by Gasteiger charge is -2.18. The molecule has 0 aromatic rings. The molecule has 78 heavy (non-hydrogen) atoms. The van der Waals surface area contributed by atoms with Gasteiger partial charge in [0.1, 0.15) is 13.2 Å². The fourth-order valence-corrected chi connectivity index (χ4v) is 9.88. The second-order valence-corrected chi connectivity index (χ2v) is 22.7. The number of esters is 3. The van der Waals surface area contributed by atoms with Crippen LogP contribution in [0.1, 0.15) is 348 Å². The van der Waals surface area contributed by atoms with Gasteiger partial charge in [0.05, 0.1) is 0 Å². The van der Waals surface area contributed by atoms with Crippen LogP contribution in [0.15, 0.2) is 72.9 Å². The molecule has 0 spiro atoms. The first-order chi connectivity index (χ1) is 38.5. The van der Waals surface area contributed by atoms with E-state index in [2.05, 4.69) is 93.7 Å². The maximum atomic E-state index is 12.8. The van der Waals surface area contributed by atoms with Crippen molar-refractivity contribution in [1.29, 1.82) is 0 Å². The fraction of sp³-hybridized carbons (Fsp3) is 0.792. The van der Waals surface area contributed by atoms with E-state index in [0.29, 0.717) is 19.3 Å². The second-order valence-electron chi connectivity index (χ2n) is 22.7. The van der Waals surface area contributed by atoms with Gasteiger partial charge in [-0.2, -0.15) is 0 Å². The molecule has 0 aromatic heterocycles. The van der Waals surface area contributed by atoms with Crippen molar-refractivity contribution in [3.05, 3.63) is 72.9 Å². The quantitative estimate of drug-likeness (QED) is 0.0261. The Kier molecular flexibility index (Phi) is 63.7. The van der Waals surface area contributed by atoms with Gasteiger partial charge in [-0.1, -0.05) is 312 Å². The van der Waals surface area contributed by atoms with Crippen LogP contribution in [-0.2, 0) is 28.6 Å². The molecule has 0 aliphatic carbocycles. The zero-order valence-electron chi connectivity index (χ0n) is 51.9. The third-order valence-electron chi connectivity index (χ3n) is 14.9. The van der Waals surface area contributed by atoms with Gasteiger partial charge in [0.15, 0.2) is 6.10 Å². The van der Waals surface area contributed by atoms with Gasteiger partial charge in [0.2, 0.25) is 0 Å². The molecule has 0 heterocycles. The lowest BCUT2D eigenvalue weighted by molar-refractivity contribution is -0.167. The zero-order valence-corrected chi connectivity index (χ0v) is 51.9. The van der Waals surface area contributed by atoms with E-state index in [9.17, 15) is 14.4 Å². The van der Waals surface area contributed by atoms with E-state index in [1.54, 1.807) is 0 Å². The predicted octanol–water partition coefficient (Wildman–Crippen LogP) is 23.3. The van der Waals surface area contributed by atoms with Gasteiger partial charge in [-0.25, -0.2) is 0 Å². The van der Waals surface area contributed by atoms with Crippen molar-refractivity contribution in [2.24, 2.45) is 0 Å². The predicted molar refractivity (Wildman–Crippen MR) is 339 cm³/mol. The summed E-state index contributed by atoms with van der Waals surface area (Å²) in [5.74, 6) is -0.915. The van der Waals surface area contributed by atoms with Crippen molar-refractivity contribution in [3.8, 4) is 0 Å². The SMILES string of the molecule is CC/C=C\C/C=C\C/C=C\C/C=C\C/C=C\CCCCCC(=O)OC(COC(=O)CCCCCCCC)COC(=O)CCCCCCCCCCCCCCCCCCCCCCCCC/C=C\CCCCCCCCCC. The third-order valence-corrected chi connectivity index (χ3v) is 14.9. The van der Waals surface area contributed by atoms with Gasteiger partial charge in [0.25, 0.3) is 0 Å². The summed E-state index contributed by atoms with van der Waals surface area (Å²) < 4.78 is 16.8. The van der Waals surface area contributed by atoms with Gasteiger partial charge in [-0.3, -0.25) is 14.4 Å². The standard InChI is InChI=1S/C72H128O6/c1-4-7-10-13-16-18-20-22-24-26-28-29-30-31-32-33-34-35-36-37-38-39-40-41-42-43-45-46-48-50-52-54-56-59-62-65-71(74)77-68-69(67-76-70(73)64-61-58-15-12-9-6-3)78-72(75)66-63-60-57-55-53-51-49-47-44-27-25-23-21-19-17-14-11-8-5-2/h8,11,17,19,23,25-26,28,44,47,51,53,69H,4-7,9-10,12-16,18,20-22,24,27,29-43,45-46,48-50,52,54-68H2,1-3H3/b11-8-,19-17-,25-23-,28-26-,47-44-,53-51-. The zero-order chi connectivity index (χ0) is 56.4. The van der Waals surface area contributed by atoms with Crippen LogP contribution in [0.25, 0.3) is 0 Å². The largest absolute Gasteiger partial charge is 0.462 e. The van der Waals surface area contributed by atoms with E-state index in [0.717, 1.165) is 96.3 Å². The Balaban J connectivity index is 3.96. The Labute approximate surface area is 484 Å². The molecule has 1 atom stereocenters. The van der Waals surface area contributed by atoms with E-state index >= 15 is 0 Å². The molecule has 0 N–H and O–H groups in total. The Morgan fingerprint density at radius 1 is 0.269 bits per heavy atom. The van der Waals surface area contributed by atoms with Crippen molar-refractivity contribution >= 4 is 17.9 Å². The van der Waals surface area contributed by atoms with Gasteiger partial charge in [0, 0.05) is 19.3 Å². The molecule has 0 amide bonds. The molecular formula is C72H128O6. The minimum absolute atomic E-state index is 0.0858. The second kappa shape index (κ2) is 66.4. The van der Waals surface area contributed by atoms with Gasteiger partial charge in [-0.05, 0) is 89.9 Å². The van der Waals surface area contributed by atoms with Crippen LogP contribution >= 0.6 is 0 Å². The summed E-state index contributed by atoms with van der Waals surface area (Å²) in [6.45, 7) is 6.47. The highest BCUT2D eigenvalue weighted by atomic mass is 16.6. The summed E-state index contributed by atoms with van der Waals surface area (Å²) in [4.78, 5) is 38.0. The number of unbranched alkanes of at least 4 members (excludes halogenated alkanes) is 39. The topological polar surface area (TPSA) is 78.9 Å². The molecule has 0 radical (unpaired) electrons. The van der Waals surface area contributed by atoms with Crippen LogP contribution in [-0.4, -0.2) is 37.2 Å². The van der Waals surface area contributed by atoms with Crippen LogP contribution in [0.3, 0.4) is 0 Å². The van der Waals surface area contributed by atoms with Gasteiger partial charge in [-0.15, -0.1) is 0 Å². The van der Waals surface area contributed by atoms with Gasteiger partial charge >= 0.3 is 17.9 Å². The molecule has 6 heteroatoms. The van der Waals surface area contributed by atoms with Crippen molar-refractivity contribution < 1.29 is 28.6 Å². The normalized spacial score (nSPS) is 12.5. The van der Waals surface area contributed by atoms with E-state index in [1.165, 1.54) is 212 Å². The monoisotopic (exact) mass is 1090 g/mol. The highest BCUT2D eigenvalue weighted by molar-refractivity contribution is 5.71. The Morgan fingerprint density at radius 2 is 0.500 bits per heavy atom. The first kappa shape index (κ1) is 74.8. The van der Waals surface area contributed by atoms with Crippen LogP contribution in [0, 0.1) is 0 Å². The van der Waals surface area contributed by atoms with E-state index in [4.69, 9.17) is 14.2 Å². The van der Waals surface area contributed by atoms with Crippen molar-refractivity contribution in [2.75, 3.05) is 13.2 Å². The number of allylic oxidation sites excluding steroid dienone is 12. The Hall–Kier alpha value is -3.15. The first-order valence-electron chi connectivity index (χ1n) is 33.9. The van der Waals surface area contributed by atoms with E-state index < -0.39 is 6.10 Å². The molecule has 0 aromatic carbocycles. The molecule has 0 rings (SSSR count). The number of rotatable bonds is 62. The molecule has 1 unspecified atom stereocenters. The summed E-state index contributed by atoms with van der Waals surface area (Å²) in [6.07, 6.45) is 87.0. The highest BCUT2D eigenvalue weighted by Gasteiger charge is 2.19. The molecule has 452 valence electrons. The van der Waals surface area contributed by atoms with Crippen LogP contribution in [0.5, 0.6) is 0 Å².